The fraction of sp³-hybridized carbons (Fsp3) is 0.579. The van der Waals surface area contributed by atoms with Gasteiger partial charge in [0.05, 0.1) is 12.6 Å². The Morgan fingerprint density at radius 1 is 1.28 bits per heavy atom. The van der Waals surface area contributed by atoms with E-state index >= 15 is 0 Å². The van der Waals surface area contributed by atoms with Gasteiger partial charge in [-0.3, -0.25) is 9.69 Å². The Hall–Kier alpha value is -2.08. The molecule has 6 nitrogen and oxygen atoms in total. The molecule has 2 fully saturated rings. The maximum absolute atomic E-state index is 12.6. The van der Waals surface area contributed by atoms with E-state index in [1.807, 2.05) is 34.9 Å². The molecule has 0 radical (unpaired) electrons. The van der Waals surface area contributed by atoms with Crippen LogP contribution in [-0.4, -0.2) is 58.6 Å². The van der Waals surface area contributed by atoms with Crippen LogP contribution < -0.4 is 5.32 Å². The highest BCUT2D eigenvalue weighted by Crippen LogP contribution is 2.38. The van der Waals surface area contributed by atoms with Gasteiger partial charge in [-0.25, -0.2) is 4.79 Å². The summed E-state index contributed by atoms with van der Waals surface area (Å²) in [6, 6.07) is 10.7. The molecule has 1 saturated carbocycles. The number of rotatable bonds is 6. The van der Waals surface area contributed by atoms with Crippen LogP contribution in [0.3, 0.4) is 0 Å². The summed E-state index contributed by atoms with van der Waals surface area (Å²) in [7, 11) is 0. The van der Waals surface area contributed by atoms with Crippen LogP contribution in [0.5, 0.6) is 0 Å². The van der Waals surface area contributed by atoms with Gasteiger partial charge >= 0.3 is 12.0 Å². The van der Waals surface area contributed by atoms with Crippen LogP contribution in [-0.2, 0) is 4.79 Å². The molecule has 2 atom stereocenters. The summed E-state index contributed by atoms with van der Waals surface area (Å²) in [6.07, 6.45) is 1.65. The minimum Gasteiger partial charge on any atom is -0.480 e. The van der Waals surface area contributed by atoms with E-state index in [9.17, 15) is 9.59 Å². The highest BCUT2D eigenvalue weighted by Gasteiger charge is 2.42. The largest absolute Gasteiger partial charge is 0.480 e. The van der Waals surface area contributed by atoms with E-state index in [-0.39, 0.29) is 30.7 Å². The summed E-state index contributed by atoms with van der Waals surface area (Å²) < 4.78 is 0. The molecule has 0 bridgehead atoms. The monoisotopic (exact) mass is 345 g/mol. The first-order valence-corrected chi connectivity index (χ1v) is 9.07. The van der Waals surface area contributed by atoms with Crippen molar-refractivity contribution in [2.75, 3.05) is 19.6 Å². The molecule has 1 heterocycles. The fourth-order valence-electron chi connectivity index (χ4n) is 3.99. The van der Waals surface area contributed by atoms with Crippen LogP contribution in [0.25, 0.3) is 0 Å². The predicted octanol–water partition coefficient (Wildman–Crippen LogP) is 2.33. The van der Waals surface area contributed by atoms with Gasteiger partial charge in [0.25, 0.3) is 0 Å². The number of carboxylic acid groups (broad SMARTS) is 1. The summed E-state index contributed by atoms with van der Waals surface area (Å²) in [4.78, 5) is 27.3. The lowest BCUT2D eigenvalue weighted by atomic mass is 9.84. The average Bonchev–Trinajstić information content (AvgIpc) is 2.54. The Kier molecular flexibility index (Phi) is 5.27. The van der Waals surface area contributed by atoms with Gasteiger partial charge in [-0.2, -0.15) is 0 Å². The molecule has 6 heteroatoms. The first kappa shape index (κ1) is 17.7. The molecular weight excluding hydrogens is 318 g/mol. The number of nitrogens with zero attached hydrogens (tertiary/aromatic N) is 2. The first-order valence-electron chi connectivity index (χ1n) is 9.07. The van der Waals surface area contributed by atoms with Crippen molar-refractivity contribution in [3.8, 4) is 0 Å². The van der Waals surface area contributed by atoms with Crippen molar-refractivity contribution < 1.29 is 14.7 Å². The predicted molar refractivity (Wildman–Crippen MR) is 95.3 cm³/mol. The number of hydrogen-bond donors (Lipinski definition) is 2. The van der Waals surface area contributed by atoms with Crippen LogP contribution in [0, 0.1) is 5.92 Å². The second-order valence-electron chi connectivity index (χ2n) is 7.21. The molecule has 2 N–H and O–H groups in total. The van der Waals surface area contributed by atoms with Crippen LogP contribution >= 0.6 is 0 Å². The number of nitrogens with one attached hydrogen (secondary N) is 1. The van der Waals surface area contributed by atoms with Crippen molar-refractivity contribution in [1.29, 1.82) is 0 Å². The molecule has 1 aliphatic heterocycles. The maximum Gasteiger partial charge on any atom is 0.318 e. The van der Waals surface area contributed by atoms with Crippen molar-refractivity contribution in [2.24, 2.45) is 5.92 Å². The lowest BCUT2D eigenvalue weighted by Crippen LogP contribution is -2.60. The van der Waals surface area contributed by atoms with Gasteiger partial charge in [0, 0.05) is 18.6 Å². The number of likely N-dealkylation sites (N-methyl/N-ethyl adjacent to an activating group) is 1. The van der Waals surface area contributed by atoms with E-state index in [4.69, 9.17) is 5.11 Å². The number of carbonyl (C=O) groups excluding carboxylic acids is 1. The summed E-state index contributed by atoms with van der Waals surface area (Å²) in [5.74, 6) is -0.331. The summed E-state index contributed by atoms with van der Waals surface area (Å²) in [5.41, 5.74) is 1.18. The molecule has 1 aromatic carbocycles. The van der Waals surface area contributed by atoms with E-state index < -0.39 is 5.97 Å². The van der Waals surface area contributed by atoms with Gasteiger partial charge < -0.3 is 15.3 Å². The number of hydrogen-bond acceptors (Lipinski definition) is 3. The van der Waals surface area contributed by atoms with Crippen molar-refractivity contribution in [2.45, 2.75) is 44.8 Å². The molecule has 2 amide bonds. The fourth-order valence-corrected chi connectivity index (χ4v) is 3.99. The van der Waals surface area contributed by atoms with Crippen molar-refractivity contribution in [1.82, 2.24) is 15.1 Å². The molecule has 0 spiro atoms. The number of carbonyl (C=O) groups is 2. The Morgan fingerprint density at radius 2 is 1.96 bits per heavy atom. The minimum atomic E-state index is -0.797. The van der Waals surface area contributed by atoms with Crippen LogP contribution in [0.15, 0.2) is 30.3 Å². The van der Waals surface area contributed by atoms with Crippen LogP contribution in [0.1, 0.15) is 38.3 Å². The Morgan fingerprint density at radius 3 is 2.52 bits per heavy atom. The Bertz CT molecular complexity index is 616. The third kappa shape index (κ3) is 3.79. The number of carboxylic acids is 1. The van der Waals surface area contributed by atoms with E-state index in [2.05, 4.69) is 24.4 Å². The summed E-state index contributed by atoms with van der Waals surface area (Å²) >= 11 is 0. The zero-order valence-corrected chi connectivity index (χ0v) is 14.9. The standard InChI is InChI=1S/C19H27N3O3/c1-3-21(12-17(23)24)16-9-15(10-16)20-19(25)22-11-13(2)18(22)14-7-5-4-6-8-14/h4-8,13,15-16,18H,3,9-12H2,1-2H3,(H,20,25)(H,23,24). The third-order valence-corrected chi connectivity index (χ3v) is 5.46. The molecule has 1 aliphatic carbocycles. The van der Waals surface area contributed by atoms with E-state index in [0.29, 0.717) is 5.92 Å². The topological polar surface area (TPSA) is 72.9 Å². The average molecular weight is 345 g/mol. The van der Waals surface area contributed by atoms with Gasteiger partial charge in [-0.15, -0.1) is 0 Å². The Labute approximate surface area is 148 Å². The number of aliphatic carboxylic acids is 1. The van der Waals surface area contributed by atoms with E-state index in [1.165, 1.54) is 5.56 Å². The van der Waals surface area contributed by atoms with Crippen molar-refractivity contribution in [3.63, 3.8) is 0 Å². The zero-order valence-electron chi connectivity index (χ0n) is 14.9. The van der Waals surface area contributed by atoms with Crippen LogP contribution in [0.2, 0.25) is 0 Å². The summed E-state index contributed by atoms with van der Waals surface area (Å²) in [6.45, 7) is 5.72. The lowest BCUT2D eigenvalue weighted by Gasteiger charge is -2.49. The second kappa shape index (κ2) is 7.44. The number of benzene rings is 1. The molecule has 136 valence electrons. The highest BCUT2D eigenvalue weighted by atomic mass is 16.4. The first-order chi connectivity index (χ1) is 12.0. The normalized spacial score (nSPS) is 28.2. The smallest absolute Gasteiger partial charge is 0.318 e. The van der Waals surface area contributed by atoms with Gasteiger partial charge in [-0.05, 0) is 30.9 Å². The SMILES string of the molecule is CCN(CC(=O)O)C1CC(NC(=O)N2CC(C)C2c2ccccc2)C1. The minimum absolute atomic E-state index is 0.00307. The van der Waals surface area contributed by atoms with E-state index in [1.54, 1.807) is 0 Å². The van der Waals surface area contributed by atoms with Crippen LogP contribution in [0.4, 0.5) is 4.79 Å². The highest BCUT2D eigenvalue weighted by molar-refractivity contribution is 5.76. The quantitative estimate of drug-likeness (QED) is 0.830. The lowest BCUT2D eigenvalue weighted by molar-refractivity contribution is -0.139. The van der Waals surface area contributed by atoms with Gasteiger partial charge in [0.15, 0.2) is 0 Å². The molecule has 2 aliphatic rings. The molecule has 3 rings (SSSR count). The number of amides is 2. The Balaban J connectivity index is 1.50. The zero-order chi connectivity index (χ0) is 18.0. The van der Waals surface area contributed by atoms with Crippen molar-refractivity contribution >= 4 is 12.0 Å². The van der Waals surface area contributed by atoms with Gasteiger partial charge in [0.1, 0.15) is 0 Å². The molecule has 0 aromatic heterocycles. The maximum atomic E-state index is 12.6. The third-order valence-electron chi connectivity index (χ3n) is 5.46. The van der Waals surface area contributed by atoms with Crippen molar-refractivity contribution in [3.05, 3.63) is 35.9 Å². The molecule has 2 unspecified atom stereocenters. The second-order valence-corrected chi connectivity index (χ2v) is 7.21. The van der Waals surface area contributed by atoms with Gasteiger partial charge in [0.2, 0.25) is 0 Å². The van der Waals surface area contributed by atoms with E-state index in [0.717, 1.165) is 25.9 Å². The molecule has 1 aromatic rings. The van der Waals surface area contributed by atoms with Gasteiger partial charge in [-0.1, -0.05) is 44.2 Å². The number of likely N-dealkylation sites (tertiary alicyclic amines) is 1. The molecular formula is C19H27N3O3. The summed E-state index contributed by atoms with van der Waals surface area (Å²) in [5, 5.41) is 12.1. The number of urea groups is 1. The molecule has 25 heavy (non-hydrogen) atoms. The molecule has 1 saturated heterocycles.